The van der Waals surface area contributed by atoms with Crippen molar-refractivity contribution in [3.05, 3.63) is 34.8 Å². The smallest absolute Gasteiger partial charge is 0.148 e. The minimum atomic E-state index is -0.254. The van der Waals surface area contributed by atoms with Gasteiger partial charge in [0.15, 0.2) is 0 Å². The van der Waals surface area contributed by atoms with Gasteiger partial charge in [0, 0.05) is 30.2 Å². The van der Waals surface area contributed by atoms with Crippen LogP contribution in [0.15, 0.2) is 34.6 Å². The number of nitrogens with zero attached hydrogens (tertiary/aromatic N) is 4. The Morgan fingerprint density at radius 1 is 1.19 bits per heavy atom. The van der Waals surface area contributed by atoms with E-state index in [0.717, 1.165) is 48.1 Å². The van der Waals surface area contributed by atoms with Gasteiger partial charge in [-0.3, -0.25) is 0 Å². The van der Waals surface area contributed by atoms with Crippen LogP contribution in [0, 0.1) is 5.41 Å². The summed E-state index contributed by atoms with van der Waals surface area (Å²) in [7, 11) is 0. The summed E-state index contributed by atoms with van der Waals surface area (Å²) in [6.07, 6.45) is 8.40. The first kappa shape index (κ1) is 19.2. The first-order chi connectivity index (χ1) is 13.0. The largest absolute Gasteiger partial charge is 0.393 e. The molecule has 1 saturated heterocycles. The van der Waals surface area contributed by atoms with Gasteiger partial charge in [0.05, 0.1) is 23.5 Å². The van der Waals surface area contributed by atoms with E-state index in [1.165, 1.54) is 11.8 Å². The van der Waals surface area contributed by atoms with Gasteiger partial charge in [-0.15, -0.1) is 0 Å². The molecule has 2 aromatic heterocycles. The maximum Gasteiger partial charge on any atom is 0.148 e. The van der Waals surface area contributed by atoms with E-state index in [2.05, 4.69) is 19.9 Å². The molecule has 3 N–H and O–H groups in total. The fourth-order valence-electron chi connectivity index (χ4n) is 4.12. The summed E-state index contributed by atoms with van der Waals surface area (Å²) < 4.78 is 0. The van der Waals surface area contributed by atoms with E-state index >= 15 is 0 Å². The molecular formula is C18H21Cl2N5OS. The summed E-state index contributed by atoms with van der Waals surface area (Å²) >= 11 is 13.5. The Morgan fingerprint density at radius 3 is 2.59 bits per heavy atom. The molecular weight excluding hydrogens is 405 g/mol. The van der Waals surface area contributed by atoms with Crippen molar-refractivity contribution >= 4 is 40.8 Å². The topological polar surface area (TPSA) is 88.2 Å². The molecule has 3 heterocycles. The Labute approximate surface area is 172 Å². The quantitative estimate of drug-likeness (QED) is 0.728. The van der Waals surface area contributed by atoms with Crippen LogP contribution in [-0.2, 0) is 0 Å². The maximum atomic E-state index is 9.95. The van der Waals surface area contributed by atoms with Gasteiger partial charge in [-0.2, -0.15) is 0 Å². The molecule has 144 valence electrons. The molecule has 0 amide bonds. The highest BCUT2D eigenvalue weighted by atomic mass is 35.5. The minimum Gasteiger partial charge on any atom is -0.393 e. The minimum absolute atomic E-state index is 0.0799. The number of pyridine rings is 1. The summed E-state index contributed by atoms with van der Waals surface area (Å²) in [5.41, 5.74) is 6.38. The average molecular weight is 426 g/mol. The first-order valence-corrected chi connectivity index (χ1v) is 10.5. The zero-order chi connectivity index (χ0) is 19.0. The molecule has 2 fully saturated rings. The van der Waals surface area contributed by atoms with Crippen LogP contribution in [0.2, 0.25) is 10.2 Å². The lowest BCUT2D eigenvalue weighted by Crippen LogP contribution is -2.47. The van der Waals surface area contributed by atoms with Gasteiger partial charge in [-0.25, -0.2) is 15.0 Å². The molecule has 1 spiro atoms. The zero-order valence-electron chi connectivity index (χ0n) is 14.7. The van der Waals surface area contributed by atoms with Crippen molar-refractivity contribution in [3.63, 3.8) is 0 Å². The monoisotopic (exact) mass is 425 g/mol. The third-order valence-corrected chi connectivity index (χ3v) is 7.54. The highest BCUT2D eigenvalue weighted by Crippen LogP contribution is 2.46. The predicted molar refractivity (Wildman–Crippen MR) is 108 cm³/mol. The zero-order valence-corrected chi connectivity index (χ0v) is 17.0. The Hall–Kier alpha value is -1.12. The van der Waals surface area contributed by atoms with E-state index < -0.39 is 0 Å². The van der Waals surface area contributed by atoms with Crippen LogP contribution >= 0.6 is 35.0 Å². The number of aliphatic hydroxyl groups is 1. The second-order valence-electron chi connectivity index (χ2n) is 7.28. The normalized spacial score (nSPS) is 24.5. The van der Waals surface area contributed by atoms with Gasteiger partial charge in [0.25, 0.3) is 0 Å². The lowest BCUT2D eigenvalue weighted by Gasteiger charge is -2.42. The molecule has 1 aliphatic carbocycles. The van der Waals surface area contributed by atoms with E-state index in [1.807, 2.05) is 0 Å². The SMILES string of the molecule is NC1C[C@@H](O)CC12CCN(c1cnc(Sc3ccnc(Cl)c3Cl)cn1)CC2. The molecule has 1 unspecified atom stereocenters. The summed E-state index contributed by atoms with van der Waals surface area (Å²) in [5.74, 6) is 0.861. The highest BCUT2D eigenvalue weighted by Gasteiger charge is 2.46. The molecule has 2 aromatic rings. The molecule has 0 bridgehead atoms. The Morgan fingerprint density at radius 2 is 1.96 bits per heavy atom. The van der Waals surface area contributed by atoms with Gasteiger partial charge in [0.1, 0.15) is 16.0 Å². The number of halogens is 2. The summed E-state index contributed by atoms with van der Waals surface area (Å²) in [4.78, 5) is 16.1. The molecule has 9 heteroatoms. The van der Waals surface area contributed by atoms with Crippen LogP contribution in [-0.4, -0.2) is 45.3 Å². The van der Waals surface area contributed by atoms with Gasteiger partial charge in [-0.1, -0.05) is 35.0 Å². The van der Waals surface area contributed by atoms with Crippen LogP contribution in [0.25, 0.3) is 0 Å². The van der Waals surface area contributed by atoms with Crippen molar-refractivity contribution in [2.45, 2.75) is 47.8 Å². The van der Waals surface area contributed by atoms with Crippen molar-refractivity contribution in [1.82, 2.24) is 15.0 Å². The molecule has 27 heavy (non-hydrogen) atoms. The standard InChI is InChI=1S/C18H21Cl2N5OS/c19-16-12(1-4-22-17(16)20)27-15-10-23-14(9-24-15)25-5-2-18(3-6-25)8-11(26)7-13(18)21/h1,4,9-11,13,26H,2-3,5-8,21H2/t11-,13?/m1/s1. The number of rotatable bonds is 3. The number of piperidine rings is 1. The van der Waals surface area contributed by atoms with Gasteiger partial charge in [-0.05, 0) is 37.2 Å². The number of nitrogens with two attached hydrogens (primary N) is 1. The van der Waals surface area contributed by atoms with E-state index in [0.29, 0.717) is 11.4 Å². The third kappa shape index (κ3) is 3.89. The number of hydrogen-bond donors (Lipinski definition) is 2. The second kappa shape index (κ2) is 7.72. The van der Waals surface area contributed by atoms with Crippen LogP contribution in [0.5, 0.6) is 0 Å². The fourth-order valence-corrected chi connectivity index (χ4v) is 5.31. The van der Waals surface area contributed by atoms with Crippen LogP contribution in [0.3, 0.4) is 0 Å². The molecule has 2 aliphatic rings. The number of aromatic nitrogens is 3. The van der Waals surface area contributed by atoms with Crippen molar-refractivity contribution < 1.29 is 5.11 Å². The maximum absolute atomic E-state index is 9.95. The van der Waals surface area contributed by atoms with Crippen molar-refractivity contribution in [1.29, 1.82) is 0 Å². The molecule has 0 aromatic carbocycles. The fraction of sp³-hybridized carbons (Fsp3) is 0.500. The predicted octanol–water partition coefficient (Wildman–Crippen LogP) is 3.40. The summed E-state index contributed by atoms with van der Waals surface area (Å²) in [5, 5.41) is 11.4. The van der Waals surface area contributed by atoms with E-state index in [-0.39, 0.29) is 22.7 Å². The van der Waals surface area contributed by atoms with Crippen molar-refractivity contribution in [2.75, 3.05) is 18.0 Å². The number of hydrogen-bond acceptors (Lipinski definition) is 7. The molecule has 0 radical (unpaired) electrons. The van der Waals surface area contributed by atoms with Crippen LogP contribution in [0.1, 0.15) is 25.7 Å². The van der Waals surface area contributed by atoms with E-state index in [9.17, 15) is 5.11 Å². The highest BCUT2D eigenvalue weighted by molar-refractivity contribution is 7.99. The van der Waals surface area contributed by atoms with Crippen molar-refractivity contribution in [2.24, 2.45) is 11.1 Å². The number of anilines is 1. The van der Waals surface area contributed by atoms with Crippen LogP contribution < -0.4 is 10.6 Å². The lowest BCUT2D eigenvalue weighted by atomic mass is 9.74. The molecule has 1 aliphatic heterocycles. The Kier molecular flexibility index (Phi) is 5.49. The summed E-state index contributed by atoms with van der Waals surface area (Å²) in [6, 6.07) is 1.90. The van der Waals surface area contributed by atoms with Crippen molar-refractivity contribution in [3.8, 4) is 0 Å². The van der Waals surface area contributed by atoms with Gasteiger partial charge < -0.3 is 15.7 Å². The molecule has 6 nitrogen and oxygen atoms in total. The van der Waals surface area contributed by atoms with E-state index in [1.54, 1.807) is 24.7 Å². The Balaban J connectivity index is 1.41. The third-order valence-electron chi connectivity index (χ3n) is 5.68. The molecule has 1 saturated carbocycles. The van der Waals surface area contributed by atoms with E-state index in [4.69, 9.17) is 28.9 Å². The average Bonchev–Trinajstić information content (AvgIpc) is 2.93. The molecule has 2 atom stereocenters. The van der Waals surface area contributed by atoms with Gasteiger partial charge >= 0.3 is 0 Å². The Bertz CT molecular complexity index is 814. The number of aliphatic hydroxyl groups excluding tert-OH is 1. The van der Waals surface area contributed by atoms with Gasteiger partial charge in [0.2, 0.25) is 0 Å². The second-order valence-corrected chi connectivity index (χ2v) is 9.08. The summed E-state index contributed by atoms with van der Waals surface area (Å²) in [6.45, 7) is 1.76. The lowest BCUT2D eigenvalue weighted by molar-refractivity contribution is 0.141. The van der Waals surface area contributed by atoms with Crippen LogP contribution in [0.4, 0.5) is 5.82 Å². The molecule has 4 rings (SSSR count). The first-order valence-electron chi connectivity index (χ1n) is 8.95.